The molecule has 0 saturated carbocycles. The van der Waals surface area contributed by atoms with Crippen molar-refractivity contribution in [2.45, 2.75) is 26.3 Å². The standard InChI is InChI=1S/C17H19F2N/c1-3-10-20-12(2)13-4-6-14(7-5-13)16-11-15(18)8-9-17(16)19/h4-9,11-12,20H,3,10H2,1-2H3. The Morgan fingerprint density at radius 2 is 1.75 bits per heavy atom. The maximum atomic E-state index is 13.7. The maximum Gasteiger partial charge on any atom is 0.131 e. The molecule has 0 amide bonds. The largest absolute Gasteiger partial charge is 0.310 e. The first-order valence-electron chi connectivity index (χ1n) is 6.90. The van der Waals surface area contributed by atoms with E-state index in [9.17, 15) is 8.78 Å². The van der Waals surface area contributed by atoms with Gasteiger partial charge in [0.15, 0.2) is 0 Å². The van der Waals surface area contributed by atoms with Gasteiger partial charge in [-0.2, -0.15) is 0 Å². The smallest absolute Gasteiger partial charge is 0.131 e. The van der Waals surface area contributed by atoms with E-state index in [1.165, 1.54) is 6.07 Å². The maximum absolute atomic E-state index is 13.7. The quantitative estimate of drug-likeness (QED) is 0.834. The van der Waals surface area contributed by atoms with Gasteiger partial charge >= 0.3 is 0 Å². The van der Waals surface area contributed by atoms with Gasteiger partial charge in [-0.1, -0.05) is 31.2 Å². The van der Waals surface area contributed by atoms with Crippen molar-refractivity contribution in [2.75, 3.05) is 6.54 Å². The summed E-state index contributed by atoms with van der Waals surface area (Å²) in [5.74, 6) is -0.834. The molecule has 0 aliphatic rings. The summed E-state index contributed by atoms with van der Waals surface area (Å²) in [6.45, 7) is 5.17. The molecule has 0 spiro atoms. The summed E-state index contributed by atoms with van der Waals surface area (Å²) in [6, 6.07) is 11.3. The third-order valence-electron chi connectivity index (χ3n) is 3.35. The second-order valence-electron chi connectivity index (χ2n) is 4.92. The monoisotopic (exact) mass is 275 g/mol. The van der Waals surface area contributed by atoms with E-state index in [0.717, 1.165) is 30.7 Å². The second kappa shape index (κ2) is 6.62. The number of hydrogen-bond donors (Lipinski definition) is 1. The molecular formula is C17H19F2N. The van der Waals surface area contributed by atoms with Crippen molar-refractivity contribution in [2.24, 2.45) is 0 Å². The lowest BCUT2D eigenvalue weighted by Crippen LogP contribution is -2.19. The van der Waals surface area contributed by atoms with E-state index in [-0.39, 0.29) is 6.04 Å². The van der Waals surface area contributed by atoms with Crippen LogP contribution < -0.4 is 5.32 Å². The predicted octanol–water partition coefficient (Wildman–Crippen LogP) is 4.69. The zero-order chi connectivity index (χ0) is 14.5. The average Bonchev–Trinajstić information content (AvgIpc) is 2.47. The fraction of sp³-hybridized carbons (Fsp3) is 0.294. The van der Waals surface area contributed by atoms with Crippen molar-refractivity contribution < 1.29 is 8.78 Å². The zero-order valence-corrected chi connectivity index (χ0v) is 11.8. The van der Waals surface area contributed by atoms with Crippen molar-refractivity contribution >= 4 is 0 Å². The predicted molar refractivity (Wildman–Crippen MR) is 78.5 cm³/mol. The SMILES string of the molecule is CCCNC(C)c1ccc(-c2cc(F)ccc2F)cc1. The van der Waals surface area contributed by atoms with Gasteiger partial charge in [0, 0.05) is 11.6 Å². The number of benzene rings is 2. The van der Waals surface area contributed by atoms with Gasteiger partial charge in [-0.15, -0.1) is 0 Å². The summed E-state index contributed by atoms with van der Waals surface area (Å²) in [5.41, 5.74) is 2.12. The molecule has 0 fully saturated rings. The van der Waals surface area contributed by atoms with E-state index in [0.29, 0.717) is 11.1 Å². The lowest BCUT2D eigenvalue weighted by molar-refractivity contribution is 0.571. The molecule has 2 aromatic rings. The number of rotatable bonds is 5. The van der Waals surface area contributed by atoms with Crippen LogP contribution in [0.5, 0.6) is 0 Å². The number of hydrogen-bond acceptors (Lipinski definition) is 1. The summed E-state index contributed by atoms with van der Waals surface area (Å²) in [4.78, 5) is 0. The Morgan fingerprint density at radius 3 is 2.40 bits per heavy atom. The van der Waals surface area contributed by atoms with Crippen LogP contribution in [0.1, 0.15) is 31.9 Å². The van der Waals surface area contributed by atoms with E-state index in [1.807, 2.05) is 24.3 Å². The minimum absolute atomic E-state index is 0.251. The molecule has 1 N–H and O–H groups in total. The summed E-state index contributed by atoms with van der Waals surface area (Å²) < 4.78 is 26.9. The van der Waals surface area contributed by atoms with Gasteiger partial charge in [0.05, 0.1) is 0 Å². The molecule has 1 nitrogen and oxygen atoms in total. The van der Waals surface area contributed by atoms with Crippen molar-refractivity contribution in [3.63, 3.8) is 0 Å². The van der Waals surface area contributed by atoms with Gasteiger partial charge in [0.2, 0.25) is 0 Å². The fourth-order valence-electron chi connectivity index (χ4n) is 2.15. The third-order valence-corrected chi connectivity index (χ3v) is 3.35. The highest BCUT2D eigenvalue weighted by Gasteiger charge is 2.08. The Bertz CT molecular complexity index is 564. The van der Waals surface area contributed by atoms with Gasteiger partial charge in [-0.05, 0) is 49.2 Å². The van der Waals surface area contributed by atoms with Gasteiger partial charge in [-0.3, -0.25) is 0 Å². The first-order chi connectivity index (χ1) is 9.61. The Morgan fingerprint density at radius 1 is 1.05 bits per heavy atom. The summed E-state index contributed by atoms with van der Waals surface area (Å²) in [7, 11) is 0. The molecule has 2 rings (SSSR count). The second-order valence-corrected chi connectivity index (χ2v) is 4.92. The topological polar surface area (TPSA) is 12.0 Å². The lowest BCUT2D eigenvalue weighted by atomic mass is 10.0. The van der Waals surface area contributed by atoms with Crippen LogP contribution in [-0.4, -0.2) is 6.54 Å². The molecule has 106 valence electrons. The summed E-state index contributed by atoms with van der Waals surface area (Å²) in [6.07, 6.45) is 1.08. The van der Waals surface area contributed by atoms with Gasteiger partial charge in [-0.25, -0.2) is 8.78 Å². The van der Waals surface area contributed by atoms with Gasteiger partial charge in [0.1, 0.15) is 11.6 Å². The molecular weight excluding hydrogens is 256 g/mol. The Labute approximate surface area is 118 Å². The van der Waals surface area contributed by atoms with E-state index >= 15 is 0 Å². The molecule has 2 aromatic carbocycles. The lowest BCUT2D eigenvalue weighted by Gasteiger charge is -2.14. The van der Waals surface area contributed by atoms with Crippen LogP contribution in [0.25, 0.3) is 11.1 Å². The molecule has 3 heteroatoms. The van der Waals surface area contributed by atoms with E-state index in [2.05, 4.69) is 19.2 Å². The van der Waals surface area contributed by atoms with Gasteiger partial charge < -0.3 is 5.32 Å². The number of nitrogens with one attached hydrogen (secondary N) is 1. The highest BCUT2D eigenvalue weighted by atomic mass is 19.1. The van der Waals surface area contributed by atoms with Crippen molar-refractivity contribution in [1.29, 1.82) is 0 Å². The molecule has 0 saturated heterocycles. The van der Waals surface area contributed by atoms with Crippen LogP contribution in [0.3, 0.4) is 0 Å². The molecule has 0 aliphatic carbocycles. The van der Waals surface area contributed by atoms with E-state index in [1.54, 1.807) is 0 Å². The van der Waals surface area contributed by atoms with Crippen LogP contribution in [0.2, 0.25) is 0 Å². The minimum Gasteiger partial charge on any atom is -0.310 e. The molecule has 0 heterocycles. The molecule has 0 aliphatic heterocycles. The summed E-state index contributed by atoms with van der Waals surface area (Å²) >= 11 is 0. The molecule has 0 radical (unpaired) electrons. The highest BCUT2D eigenvalue weighted by Crippen LogP contribution is 2.25. The molecule has 1 unspecified atom stereocenters. The van der Waals surface area contributed by atoms with Crippen LogP contribution in [0, 0.1) is 11.6 Å². The van der Waals surface area contributed by atoms with Crippen LogP contribution in [0.15, 0.2) is 42.5 Å². The van der Waals surface area contributed by atoms with Crippen LogP contribution >= 0.6 is 0 Å². The minimum atomic E-state index is -0.427. The summed E-state index contributed by atoms with van der Waals surface area (Å²) in [5, 5.41) is 3.39. The van der Waals surface area contributed by atoms with Gasteiger partial charge in [0.25, 0.3) is 0 Å². The van der Waals surface area contributed by atoms with Crippen LogP contribution in [-0.2, 0) is 0 Å². The third kappa shape index (κ3) is 3.42. The Kier molecular flexibility index (Phi) is 4.85. The first-order valence-corrected chi connectivity index (χ1v) is 6.90. The highest BCUT2D eigenvalue weighted by molar-refractivity contribution is 5.64. The Balaban J connectivity index is 2.21. The van der Waals surface area contributed by atoms with Crippen molar-refractivity contribution in [3.05, 3.63) is 59.7 Å². The zero-order valence-electron chi connectivity index (χ0n) is 11.8. The molecule has 0 bridgehead atoms. The average molecular weight is 275 g/mol. The van der Waals surface area contributed by atoms with Crippen molar-refractivity contribution in [3.8, 4) is 11.1 Å². The molecule has 0 aromatic heterocycles. The van der Waals surface area contributed by atoms with E-state index in [4.69, 9.17) is 0 Å². The first kappa shape index (κ1) is 14.7. The van der Waals surface area contributed by atoms with Crippen LogP contribution in [0.4, 0.5) is 8.78 Å². The Hall–Kier alpha value is -1.74. The normalized spacial score (nSPS) is 12.4. The number of halogens is 2. The molecule has 20 heavy (non-hydrogen) atoms. The van der Waals surface area contributed by atoms with Crippen molar-refractivity contribution in [1.82, 2.24) is 5.32 Å². The fourth-order valence-corrected chi connectivity index (χ4v) is 2.15. The van der Waals surface area contributed by atoms with E-state index < -0.39 is 11.6 Å². The molecule has 1 atom stereocenters.